The van der Waals surface area contributed by atoms with Crippen LogP contribution in [-0.4, -0.2) is 0 Å². The van der Waals surface area contributed by atoms with Gasteiger partial charge in [0.15, 0.2) is 0 Å². The van der Waals surface area contributed by atoms with Gasteiger partial charge in [-0.15, -0.1) is 0 Å². The van der Waals surface area contributed by atoms with Gasteiger partial charge >= 0.3 is 0 Å². The second-order valence-electron chi connectivity index (χ2n) is 9.75. The van der Waals surface area contributed by atoms with Gasteiger partial charge in [0, 0.05) is 27.4 Å². The van der Waals surface area contributed by atoms with E-state index in [9.17, 15) is 0 Å². The predicted octanol–water partition coefficient (Wildman–Crippen LogP) is 10.6. The van der Waals surface area contributed by atoms with E-state index < -0.39 is 0 Å². The maximum absolute atomic E-state index is 6.27. The van der Waals surface area contributed by atoms with E-state index in [1.165, 1.54) is 0 Å². The number of hydrogen-bond acceptors (Lipinski definition) is 3. The number of anilines is 3. The maximum Gasteiger partial charge on any atom is 0.137 e. The highest BCUT2D eigenvalue weighted by Crippen LogP contribution is 2.46. The van der Waals surface area contributed by atoms with Gasteiger partial charge in [-0.25, -0.2) is 0 Å². The first-order chi connectivity index (χ1) is 19.3. The number of nitrogens with zero attached hydrogens (tertiary/aromatic N) is 1. The van der Waals surface area contributed by atoms with Crippen molar-refractivity contribution in [1.82, 2.24) is 0 Å². The molecule has 0 saturated heterocycles. The average Bonchev–Trinajstić information content (AvgIpc) is 3.57. The van der Waals surface area contributed by atoms with Crippen molar-refractivity contribution in [2.75, 3.05) is 4.90 Å². The maximum atomic E-state index is 6.27. The molecule has 6 aromatic carbocycles. The molecular formula is C36H23NO2. The molecule has 0 N–H and O–H groups in total. The number of benzene rings is 6. The van der Waals surface area contributed by atoms with E-state index >= 15 is 0 Å². The van der Waals surface area contributed by atoms with E-state index in [0.717, 1.165) is 72.1 Å². The quantitative estimate of drug-likeness (QED) is 0.240. The van der Waals surface area contributed by atoms with Crippen molar-refractivity contribution in [1.29, 1.82) is 0 Å². The first-order valence-corrected chi connectivity index (χ1v) is 13.1. The minimum Gasteiger partial charge on any atom is -0.456 e. The van der Waals surface area contributed by atoms with Crippen LogP contribution in [0.15, 0.2) is 148 Å². The molecule has 8 rings (SSSR count). The lowest BCUT2D eigenvalue weighted by Crippen LogP contribution is -2.11. The van der Waals surface area contributed by atoms with E-state index in [0.29, 0.717) is 0 Å². The molecule has 0 spiro atoms. The van der Waals surface area contributed by atoms with Crippen LogP contribution < -0.4 is 4.90 Å². The molecular weight excluding hydrogens is 478 g/mol. The van der Waals surface area contributed by atoms with E-state index in [1.54, 1.807) is 0 Å². The van der Waals surface area contributed by atoms with Gasteiger partial charge < -0.3 is 13.7 Å². The largest absolute Gasteiger partial charge is 0.456 e. The lowest BCUT2D eigenvalue weighted by atomic mass is 9.99. The Bertz CT molecular complexity index is 2140. The fourth-order valence-corrected chi connectivity index (χ4v) is 5.73. The molecule has 0 saturated carbocycles. The monoisotopic (exact) mass is 501 g/mol. The number of para-hydroxylation sites is 4. The van der Waals surface area contributed by atoms with E-state index in [2.05, 4.69) is 114 Å². The molecule has 39 heavy (non-hydrogen) atoms. The van der Waals surface area contributed by atoms with Crippen LogP contribution >= 0.6 is 0 Å². The van der Waals surface area contributed by atoms with Crippen molar-refractivity contribution in [2.45, 2.75) is 0 Å². The molecule has 2 aromatic heterocycles. The normalized spacial score (nSPS) is 11.6. The Labute approximate surface area is 225 Å². The molecule has 0 atom stereocenters. The molecule has 0 bridgehead atoms. The Morgan fingerprint density at radius 3 is 1.90 bits per heavy atom. The molecule has 0 unspecified atom stereocenters. The summed E-state index contributed by atoms with van der Waals surface area (Å²) in [4.78, 5) is 2.34. The minimum atomic E-state index is 0.874. The molecule has 3 heteroatoms. The third-order valence-corrected chi connectivity index (χ3v) is 7.47. The number of furan rings is 2. The molecule has 0 radical (unpaired) electrons. The molecule has 0 amide bonds. The highest BCUT2D eigenvalue weighted by Gasteiger charge is 2.21. The molecule has 3 nitrogen and oxygen atoms in total. The standard InChI is InChI=1S/C36H23NO2/c1-2-11-25(12-3-1)37(31-17-10-20-35-36(31)28-15-6-9-19-33(28)39-35)30-16-7-4-13-26(30)24-21-22-34-29(23-24)27-14-5-8-18-32(27)38-34/h1-23H. The van der Waals surface area contributed by atoms with Crippen molar-refractivity contribution in [3.63, 3.8) is 0 Å². The molecule has 8 aromatic rings. The fourth-order valence-electron chi connectivity index (χ4n) is 5.73. The summed E-state index contributed by atoms with van der Waals surface area (Å²) in [5.74, 6) is 0. The highest BCUT2D eigenvalue weighted by molar-refractivity contribution is 6.14. The highest BCUT2D eigenvalue weighted by atomic mass is 16.3. The van der Waals surface area contributed by atoms with Crippen LogP contribution in [0.5, 0.6) is 0 Å². The summed E-state index contributed by atoms with van der Waals surface area (Å²) >= 11 is 0. The minimum absolute atomic E-state index is 0.874. The Balaban J connectivity index is 1.41. The molecule has 0 fully saturated rings. The van der Waals surface area contributed by atoms with E-state index in [4.69, 9.17) is 8.83 Å². The van der Waals surface area contributed by atoms with Crippen LogP contribution in [0.3, 0.4) is 0 Å². The average molecular weight is 502 g/mol. The van der Waals surface area contributed by atoms with Crippen molar-refractivity contribution in [2.24, 2.45) is 0 Å². The van der Waals surface area contributed by atoms with Gasteiger partial charge in [-0.3, -0.25) is 0 Å². The first-order valence-electron chi connectivity index (χ1n) is 13.1. The Morgan fingerprint density at radius 2 is 1.03 bits per heavy atom. The van der Waals surface area contributed by atoms with Gasteiger partial charge in [0.25, 0.3) is 0 Å². The summed E-state index contributed by atoms with van der Waals surface area (Å²) in [5.41, 5.74) is 9.08. The van der Waals surface area contributed by atoms with Gasteiger partial charge in [0.05, 0.1) is 16.8 Å². The van der Waals surface area contributed by atoms with Crippen LogP contribution in [0.1, 0.15) is 0 Å². The fraction of sp³-hybridized carbons (Fsp3) is 0. The summed E-state index contributed by atoms with van der Waals surface area (Å²) in [6, 6.07) is 48.4. The topological polar surface area (TPSA) is 29.5 Å². The lowest BCUT2D eigenvalue weighted by Gasteiger charge is -2.28. The van der Waals surface area contributed by atoms with Gasteiger partial charge in [-0.05, 0) is 60.2 Å². The van der Waals surface area contributed by atoms with Crippen molar-refractivity contribution < 1.29 is 8.83 Å². The van der Waals surface area contributed by atoms with Crippen LogP contribution in [0.25, 0.3) is 55.0 Å². The van der Waals surface area contributed by atoms with Crippen LogP contribution in [0, 0.1) is 0 Å². The summed E-state index contributed by atoms with van der Waals surface area (Å²) in [6.45, 7) is 0. The Hall–Kier alpha value is -5.28. The Morgan fingerprint density at radius 1 is 0.410 bits per heavy atom. The summed E-state index contributed by atoms with van der Waals surface area (Å²) in [7, 11) is 0. The van der Waals surface area contributed by atoms with E-state index in [1.807, 2.05) is 30.3 Å². The van der Waals surface area contributed by atoms with Crippen LogP contribution in [-0.2, 0) is 0 Å². The SMILES string of the molecule is c1ccc(N(c2ccccc2-c2ccc3oc4ccccc4c3c2)c2cccc3oc4ccccc4c23)cc1. The first kappa shape index (κ1) is 21.8. The summed E-state index contributed by atoms with van der Waals surface area (Å²) in [5, 5.41) is 4.45. The number of hydrogen-bond donors (Lipinski definition) is 0. The second-order valence-corrected chi connectivity index (χ2v) is 9.75. The lowest BCUT2D eigenvalue weighted by molar-refractivity contribution is 0.668. The van der Waals surface area contributed by atoms with E-state index in [-0.39, 0.29) is 0 Å². The van der Waals surface area contributed by atoms with Crippen molar-refractivity contribution >= 4 is 60.9 Å². The van der Waals surface area contributed by atoms with Gasteiger partial charge in [0.2, 0.25) is 0 Å². The van der Waals surface area contributed by atoms with Crippen LogP contribution in [0.2, 0.25) is 0 Å². The summed E-state index contributed by atoms with van der Waals surface area (Å²) in [6.07, 6.45) is 0. The van der Waals surface area contributed by atoms with Crippen molar-refractivity contribution in [3.05, 3.63) is 140 Å². The zero-order valence-electron chi connectivity index (χ0n) is 21.0. The third kappa shape index (κ3) is 3.44. The predicted molar refractivity (Wildman–Crippen MR) is 161 cm³/mol. The van der Waals surface area contributed by atoms with Gasteiger partial charge in [-0.2, -0.15) is 0 Å². The number of rotatable bonds is 4. The van der Waals surface area contributed by atoms with Crippen LogP contribution in [0.4, 0.5) is 17.1 Å². The Kier molecular flexibility index (Phi) is 4.82. The molecule has 0 aliphatic rings. The van der Waals surface area contributed by atoms with Gasteiger partial charge in [0.1, 0.15) is 22.3 Å². The molecule has 0 aliphatic heterocycles. The smallest absolute Gasteiger partial charge is 0.137 e. The molecule has 0 aliphatic carbocycles. The van der Waals surface area contributed by atoms with Crippen molar-refractivity contribution in [3.8, 4) is 11.1 Å². The zero-order valence-corrected chi connectivity index (χ0v) is 21.0. The third-order valence-electron chi connectivity index (χ3n) is 7.47. The molecule has 2 heterocycles. The zero-order chi connectivity index (χ0) is 25.8. The second kappa shape index (κ2) is 8.64. The molecule has 184 valence electrons. The van der Waals surface area contributed by atoms with Gasteiger partial charge in [-0.1, -0.05) is 84.9 Å². The summed E-state index contributed by atoms with van der Waals surface area (Å²) < 4.78 is 12.4. The number of fused-ring (bicyclic) bond motifs is 6.